The highest BCUT2D eigenvalue weighted by Gasteiger charge is 2.09. The molecular weight excluding hydrogens is 218 g/mol. The van der Waals surface area contributed by atoms with Crippen LogP contribution in [0.3, 0.4) is 0 Å². The van der Waals surface area contributed by atoms with Gasteiger partial charge >= 0.3 is 0 Å². The summed E-state index contributed by atoms with van der Waals surface area (Å²) >= 11 is 0. The molecular formula is C10H15N7. The van der Waals surface area contributed by atoms with E-state index in [1.807, 2.05) is 38.2 Å². The lowest BCUT2D eigenvalue weighted by Crippen LogP contribution is -2.17. The molecule has 0 saturated carbocycles. The zero-order valence-corrected chi connectivity index (χ0v) is 10.3. The first-order chi connectivity index (χ1) is 8.10. The zero-order valence-electron chi connectivity index (χ0n) is 10.3. The molecule has 2 rings (SSSR count). The van der Waals surface area contributed by atoms with Gasteiger partial charge in [0.25, 0.3) is 5.95 Å². The highest BCUT2D eigenvalue weighted by atomic mass is 15.4. The minimum absolute atomic E-state index is 0.501. The van der Waals surface area contributed by atoms with E-state index in [1.165, 1.54) is 0 Å². The average molecular weight is 233 g/mol. The molecule has 2 aromatic heterocycles. The molecule has 0 amide bonds. The van der Waals surface area contributed by atoms with Crippen LogP contribution in [-0.4, -0.2) is 45.9 Å². The largest absolute Gasteiger partial charge is 0.357 e. The van der Waals surface area contributed by atoms with Gasteiger partial charge in [-0.3, -0.25) is 0 Å². The Morgan fingerprint density at radius 2 is 2.00 bits per heavy atom. The minimum Gasteiger partial charge on any atom is -0.357 e. The number of nitrogens with one attached hydrogen (secondary N) is 1. The molecule has 0 spiro atoms. The molecule has 7 heteroatoms. The fourth-order valence-electron chi connectivity index (χ4n) is 1.29. The van der Waals surface area contributed by atoms with Crippen molar-refractivity contribution in [3.05, 3.63) is 18.0 Å². The second kappa shape index (κ2) is 4.36. The van der Waals surface area contributed by atoms with Crippen LogP contribution in [0.5, 0.6) is 0 Å². The fraction of sp³-hybridized carbons (Fsp3) is 0.400. The smallest absolute Gasteiger partial charge is 0.257 e. The maximum atomic E-state index is 4.33. The molecule has 0 radical (unpaired) electrons. The average Bonchev–Trinajstić information content (AvgIpc) is 2.75. The molecule has 0 fully saturated rings. The molecule has 1 N–H and O–H groups in total. The first-order valence-corrected chi connectivity index (χ1v) is 5.24. The summed E-state index contributed by atoms with van der Waals surface area (Å²) in [5.41, 5.74) is 0.919. The van der Waals surface area contributed by atoms with Gasteiger partial charge in [-0.25, -0.2) is 4.68 Å². The van der Waals surface area contributed by atoms with Gasteiger partial charge in [-0.1, -0.05) is 0 Å². The van der Waals surface area contributed by atoms with Crippen molar-refractivity contribution in [1.29, 1.82) is 0 Å². The molecule has 0 aliphatic carbocycles. The van der Waals surface area contributed by atoms with Gasteiger partial charge in [0.15, 0.2) is 0 Å². The Labute approximate surface area is 99.5 Å². The number of nitrogens with zero attached hydrogens (tertiary/aromatic N) is 6. The molecule has 2 heterocycles. The van der Waals surface area contributed by atoms with Gasteiger partial charge in [0.05, 0.1) is 5.69 Å². The molecule has 0 unspecified atom stereocenters. The molecule has 0 saturated heterocycles. The van der Waals surface area contributed by atoms with Gasteiger partial charge in [-0.15, -0.1) is 0 Å². The van der Waals surface area contributed by atoms with Crippen LogP contribution in [-0.2, 0) is 0 Å². The monoisotopic (exact) mass is 233 g/mol. The Balaban J connectivity index is 2.49. The lowest BCUT2D eigenvalue weighted by atomic mass is 10.5. The van der Waals surface area contributed by atoms with E-state index in [9.17, 15) is 0 Å². The van der Waals surface area contributed by atoms with Gasteiger partial charge in [0.1, 0.15) is 0 Å². The van der Waals surface area contributed by atoms with Crippen LogP contribution in [0, 0.1) is 6.92 Å². The highest BCUT2D eigenvalue weighted by molar-refractivity contribution is 5.38. The Bertz CT molecular complexity index is 517. The number of aromatic nitrogens is 5. The molecule has 0 atom stereocenters. The van der Waals surface area contributed by atoms with Crippen LogP contribution in [0.4, 0.5) is 11.9 Å². The summed E-state index contributed by atoms with van der Waals surface area (Å²) in [4.78, 5) is 14.6. The summed E-state index contributed by atoms with van der Waals surface area (Å²) in [6.07, 6.45) is 1.82. The van der Waals surface area contributed by atoms with E-state index >= 15 is 0 Å². The highest BCUT2D eigenvalue weighted by Crippen LogP contribution is 2.10. The summed E-state index contributed by atoms with van der Waals surface area (Å²) < 4.78 is 1.63. The standard InChI is InChI=1S/C10H15N7/c1-7-5-6-17(15-7)10-13-8(11-2)12-9(14-10)16(3)4/h5-6H,1-4H3,(H,11,12,13,14). The van der Waals surface area contributed by atoms with E-state index in [2.05, 4.69) is 25.4 Å². The van der Waals surface area contributed by atoms with Crippen molar-refractivity contribution < 1.29 is 0 Å². The number of aryl methyl sites for hydroxylation is 1. The molecule has 0 aliphatic heterocycles. The van der Waals surface area contributed by atoms with Crippen LogP contribution in [0.15, 0.2) is 12.3 Å². The maximum absolute atomic E-state index is 4.33. The van der Waals surface area contributed by atoms with Crippen molar-refractivity contribution >= 4 is 11.9 Å². The van der Waals surface area contributed by atoms with E-state index < -0.39 is 0 Å². The Morgan fingerprint density at radius 3 is 2.53 bits per heavy atom. The van der Waals surface area contributed by atoms with E-state index in [1.54, 1.807) is 11.7 Å². The summed E-state index contributed by atoms with van der Waals surface area (Å²) in [7, 11) is 5.53. The third-order valence-electron chi connectivity index (χ3n) is 2.16. The Kier molecular flexibility index (Phi) is 2.90. The molecule has 0 aliphatic rings. The van der Waals surface area contributed by atoms with Gasteiger partial charge in [0.2, 0.25) is 11.9 Å². The van der Waals surface area contributed by atoms with Crippen molar-refractivity contribution in [3.63, 3.8) is 0 Å². The van der Waals surface area contributed by atoms with E-state index in [-0.39, 0.29) is 0 Å². The summed E-state index contributed by atoms with van der Waals surface area (Å²) in [5.74, 6) is 1.61. The Hall–Kier alpha value is -2.18. The first kappa shape index (κ1) is 11.3. The van der Waals surface area contributed by atoms with E-state index in [0.29, 0.717) is 17.8 Å². The van der Waals surface area contributed by atoms with Crippen molar-refractivity contribution in [2.45, 2.75) is 6.92 Å². The second-order valence-corrected chi connectivity index (χ2v) is 3.81. The summed E-state index contributed by atoms with van der Waals surface area (Å²) in [5, 5.41) is 7.18. The van der Waals surface area contributed by atoms with E-state index in [4.69, 9.17) is 0 Å². The van der Waals surface area contributed by atoms with Gasteiger partial charge in [-0.2, -0.15) is 20.1 Å². The molecule has 7 nitrogen and oxygen atoms in total. The number of hydrogen-bond acceptors (Lipinski definition) is 6. The zero-order chi connectivity index (χ0) is 12.4. The van der Waals surface area contributed by atoms with Crippen LogP contribution < -0.4 is 10.2 Å². The van der Waals surface area contributed by atoms with Crippen LogP contribution in [0.25, 0.3) is 5.95 Å². The Morgan fingerprint density at radius 1 is 1.24 bits per heavy atom. The second-order valence-electron chi connectivity index (χ2n) is 3.81. The predicted molar refractivity (Wildman–Crippen MR) is 65.6 cm³/mol. The van der Waals surface area contributed by atoms with Crippen LogP contribution in [0.1, 0.15) is 5.69 Å². The summed E-state index contributed by atoms with van der Waals surface area (Å²) in [6.45, 7) is 1.92. The molecule has 2 aromatic rings. The number of anilines is 2. The third-order valence-corrected chi connectivity index (χ3v) is 2.16. The van der Waals surface area contributed by atoms with Gasteiger partial charge < -0.3 is 10.2 Å². The lowest BCUT2D eigenvalue weighted by molar-refractivity contribution is 0.781. The van der Waals surface area contributed by atoms with Crippen molar-refractivity contribution in [1.82, 2.24) is 24.7 Å². The van der Waals surface area contributed by atoms with Gasteiger partial charge in [0, 0.05) is 27.3 Å². The lowest BCUT2D eigenvalue weighted by Gasteiger charge is -2.12. The fourth-order valence-corrected chi connectivity index (χ4v) is 1.29. The van der Waals surface area contributed by atoms with E-state index in [0.717, 1.165) is 5.69 Å². The van der Waals surface area contributed by atoms with Gasteiger partial charge in [-0.05, 0) is 13.0 Å². The first-order valence-electron chi connectivity index (χ1n) is 5.24. The van der Waals surface area contributed by atoms with Crippen molar-refractivity contribution in [2.75, 3.05) is 31.4 Å². The third kappa shape index (κ3) is 2.32. The number of hydrogen-bond donors (Lipinski definition) is 1. The maximum Gasteiger partial charge on any atom is 0.257 e. The van der Waals surface area contributed by atoms with Crippen LogP contribution in [0.2, 0.25) is 0 Å². The quantitative estimate of drug-likeness (QED) is 0.831. The van der Waals surface area contributed by atoms with Crippen molar-refractivity contribution in [3.8, 4) is 5.95 Å². The molecule has 0 aromatic carbocycles. The van der Waals surface area contributed by atoms with Crippen LogP contribution >= 0.6 is 0 Å². The minimum atomic E-state index is 0.501. The predicted octanol–water partition coefficient (Wildman–Crippen LogP) is 0.473. The topological polar surface area (TPSA) is 71.8 Å². The SMILES string of the molecule is CNc1nc(N(C)C)nc(-n2ccc(C)n2)n1. The van der Waals surface area contributed by atoms with Crippen molar-refractivity contribution in [2.24, 2.45) is 0 Å². The summed E-state index contributed by atoms with van der Waals surface area (Å²) in [6, 6.07) is 1.90. The number of rotatable bonds is 3. The molecule has 0 bridgehead atoms. The molecule has 90 valence electrons. The molecule has 17 heavy (non-hydrogen) atoms. The normalized spacial score (nSPS) is 10.4.